The predicted molar refractivity (Wildman–Crippen MR) is 106 cm³/mol. The number of rotatable bonds is 5. The number of pyridine rings is 1. The number of hydrogen-bond acceptors (Lipinski definition) is 5. The Morgan fingerprint density at radius 2 is 1.96 bits per heavy atom. The van der Waals surface area contributed by atoms with Crippen LogP contribution in [0.1, 0.15) is 15.9 Å². The number of carbonyl (C=O) groups excluding carboxylic acids is 1. The Kier molecular flexibility index (Phi) is 4.84. The molecule has 7 heteroatoms. The monoisotopic (exact) mass is 375 g/mol. The van der Waals surface area contributed by atoms with Gasteiger partial charge in [-0.1, -0.05) is 23.4 Å². The molecule has 0 saturated carbocycles. The number of thioether (sulfide) groups is 1. The van der Waals surface area contributed by atoms with Crippen LogP contribution in [0.25, 0.3) is 16.9 Å². The van der Waals surface area contributed by atoms with Gasteiger partial charge < -0.3 is 5.32 Å². The molecule has 4 aromatic rings. The third-order valence-electron chi connectivity index (χ3n) is 4.17. The fraction of sp³-hybridized carbons (Fsp3) is 0.100. The number of carbonyl (C=O) groups is 1. The Balaban J connectivity index is 1.52. The fourth-order valence-corrected chi connectivity index (χ4v) is 3.15. The molecule has 0 aliphatic carbocycles. The molecule has 1 N–H and O–H groups in total. The smallest absolute Gasteiger partial charge is 0.251 e. The highest BCUT2D eigenvalue weighted by Gasteiger charge is 2.10. The Bertz CT molecular complexity index is 1090. The second kappa shape index (κ2) is 7.59. The molecule has 134 valence electrons. The van der Waals surface area contributed by atoms with E-state index in [1.165, 1.54) is 4.90 Å². The van der Waals surface area contributed by atoms with Crippen LogP contribution in [0.3, 0.4) is 0 Å². The summed E-state index contributed by atoms with van der Waals surface area (Å²) in [4.78, 5) is 18.1. The number of aromatic nitrogens is 4. The quantitative estimate of drug-likeness (QED) is 0.541. The minimum atomic E-state index is -0.136. The summed E-state index contributed by atoms with van der Waals surface area (Å²) in [6.45, 7) is 0.478. The average Bonchev–Trinajstić information content (AvgIpc) is 3.16. The summed E-state index contributed by atoms with van der Waals surface area (Å²) in [6, 6.07) is 19.1. The lowest BCUT2D eigenvalue weighted by molar-refractivity contribution is 0.0951. The van der Waals surface area contributed by atoms with Gasteiger partial charge in [-0.3, -0.25) is 4.79 Å². The van der Waals surface area contributed by atoms with Gasteiger partial charge in [0.15, 0.2) is 5.65 Å². The highest BCUT2D eigenvalue weighted by molar-refractivity contribution is 7.98. The third-order valence-corrected chi connectivity index (χ3v) is 4.92. The summed E-state index contributed by atoms with van der Waals surface area (Å²) in [5, 5.41) is 11.2. The van der Waals surface area contributed by atoms with Crippen molar-refractivity contribution < 1.29 is 4.79 Å². The number of benzene rings is 2. The molecule has 0 saturated heterocycles. The van der Waals surface area contributed by atoms with Crippen molar-refractivity contribution in [3.8, 4) is 5.69 Å². The fourth-order valence-electron chi connectivity index (χ4n) is 2.75. The molecule has 0 unspecified atom stereocenters. The van der Waals surface area contributed by atoms with Crippen molar-refractivity contribution in [3.05, 3.63) is 78.0 Å². The molecule has 0 spiro atoms. The molecule has 0 aliphatic heterocycles. The number of nitrogens with zero attached hydrogens (tertiary/aromatic N) is 4. The molecule has 2 aromatic heterocycles. The number of nitrogens with one attached hydrogen (secondary N) is 1. The number of hydrogen-bond donors (Lipinski definition) is 1. The van der Waals surface area contributed by atoms with E-state index in [0.717, 1.165) is 11.3 Å². The van der Waals surface area contributed by atoms with Gasteiger partial charge in [0.05, 0.1) is 5.69 Å². The van der Waals surface area contributed by atoms with E-state index in [1.54, 1.807) is 34.8 Å². The van der Waals surface area contributed by atoms with Gasteiger partial charge in [-0.15, -0.1) is 16.9 Å². The first-order valence-electron chi connectivity index (χ1n) is 8.42. The Hall–Kier alpha value is -3.19. The van der Waals surface area contributed by atoms with E-state index in [9.17, 15) is 4.79 Å². The lowest BCUT2D eigenvalue weighted by Gasteiger charge is -2.08. The zero-order valence-electron chi connectivity index (χ0n) is 14.7. The number of amides is 1. The van der Waals surface area contributed by atoms with E-state index in [0.29, 0.717) is 23.3 Å². The van der Waals surface area contributed by atoms with Crippen LogP contribution in [0.4, 0.5) is 0 Å². The topological polar surface area (TPSA) is 72.7 Å². The van der Waals surface area contributed by atoms with Crippen LogP contribution < -0.4 is 5.32 Å². The molecule has 0 fully saturated rings. The minimum absolute atomic E-state index is 0.136. The lowest BCUT2D eigenvalue weighted by atomic mass is 10.1. The standard InChI is InChI=1S/C20H17N5OS/c1-27-17-9-7-14(8-10-17)13-22-20(26)15-4-2-5-16(12-15)25-19-18(23-24-25)6-3-11-21-19/h2-12H,13H2,1H3,(H,22,26). The van der Waals surface area contributed by atoms with Gasteiger partial charge in [-0.2, -0.15) is 4.68 Å². The van der Waals surface area contributed by atoms with Crippen molar-refractivity contribution in [3.63, 3.8) is 0 Å². The molecule has 0 atom stereocenters. The summed E-state index contributed by atoms with van der Waals surface area (Å²) < 4.78 is 1.63. The molecule has 2 aromatic carbocycles. The molecule has 1 amide bonds. The second-order valence-corrected chi connectivity index (χ2v) is 6.81. The Morgan fingerprint density at radius 1 is 1.11 bits per heavy atom. The molecule has 27 heavy (non-hydrogen) atoms. The van der Waals surface area contributed by atoms with Crippen LogP contribution in [0.15, 0.2) is 71.8 Å². The third kappa shape index (κ3) is 3.68. The van der Waals surface area contributed by atoms with Crippen molar-refractivity contribution in [1.82, 2.24) is 25.3 Å². The van der Waals surface area contributed by atoms with Crippen molar-refractivity contribution in [2.24, 2.45) is 0 Å². The maximum Gasteiger partial charge on any atom is 0.251 e. The maximum atomic E-state index is 12.6. The van der Waals surface area contributed by atoms with E-state index in [2.05, 4.69) is 32.7 Å². The van der Waals surface area contributed by atoms with Crippen molar-refractivity contribution in [2.45, 2.75) is 11.4 Å². The van der Waals surface area contributed by atoms with E-state index in [1.807, 2.05) is 42.7 Å². The summed E-state index contributed by atoms with van der Waals surface area (Å²) >= 11 is 1.69. The molecule has 4 rings (SSSR count). The first-order chi connectivity index (χ1) is 13.2. The van der Waals surface area contributed by atoms with Gasteiger partial charge in [0, 0.05) is 23.2 Å². The van der Waals surface area contributed by atoms with Gasteiger partial charge in [-0.05, 0) is 54.3 Å². The molecule has 6 nitrogen and oxygen atoms in total. The molecular formula is C20H17N5OS. The number of fused-ring (bicyclic) bond motifs is 1. The van der Waals surface area contributed by atoms with Crippen molar-refractivity contribution in [2.75, 3.05) is 6.26 Å². The molecule has 0 radical (unpaired) electrons. The Labute approximate surface area is 160 Å². The zero-order valence-corrected chi connectivity index (χ0v) is 15.5. The van der Waals surface area contributed by atoms with Crippen molar-refractivity contribution >= 4 is 28.8 Å². The Morgan fingerprint density at radius 3 is 2.78 bits per heavy atom. The maximum absolute atomic E-state index is 12.6. The van der Waals surface area contributed by atoms with Gasteiger partial charge in [-0.25, -0.2) is 4.98 Å². The van der Waals surface area contributed by atoms with E-state index in [4.69, 9.17) is 0 Å². The second-order valence-electron chi connectivity index (χ2n) is 5.93. The van der Waals surface area contributed by atoms with Crippen LogP contribution in [0, 0.1) is 0 Å². The van der Waals surface area contributed by atoms with E-state index in [-0.39, 0.29) is 5.91 Å². The van der Waals surface area contributed by atoms with Crippen molar-refractivity contribution in [1.29, 1.82) is 0 Å². The first kappa shape index (κ1) is 17.2. The molecule has 0 aliphatic rings. The van der Waals surface area contributed by atoms with Crippen LogP contribution in [0.2, 0.25) is 0 Å². The van der Waals surface area contributed by atoms with Gasteiger partial charge in [0.2, 0.25) is 0 Å². The zero-order chi connectivity index (χ0) is 18.6. The minimum Gasteiger partial charge on any atom is -0.348 e. The van der Waals surface area contributed by atoms with Crippen LogP contribution in [-0.4, -0.2) is 32.1 Å². The molecule has 0 bridgehead atoms. The average molecular weight is 375 g/mol. The normalized spacial score (nSPS) is 10.9. The highest BCUT2D eigenvalue weighted by Crippen LogP contribution is 2.16. The van der Waals surface area contributed by atoms with Gasteiger partial charge in [0.1, 0.15) is 5.52 Å². The molecular weight excluding hydrogens is 358 g/mol. The summed E-state index contributed by atoms with van der Waals surface area (Å²) in [7, 11) is 0. The summed E-state index contributed by atoms with van der Waals surface area (Å²) in [5.74, 6) is -0.136. The van der Waals surface area contributed by atoms with Crippen LogP contribution in [-0.2, 0) is 6.54 Å². The van der Waals surface area contributed by atoms with E-state index >= 15 is 0 Å². The first-order valence-corrected chi connectivity index (χ1v) is 9.65. The van der Waals surface area contributed by atoms with Gasteiger partial charge in [0.25, 0.3) is 5.91 Å². The summed E-state index contributed by atoms with van der Waals surface area (Å²) in [6.07, 6.45) is 3.73. The van der Waals surface area contributed by atoms with Gasteiger partial charge >= 0.3 is 0 Å². The molecule has 2 heterocycles. The summed E-state index contributed by atoms with van der Waals surface area (Å²) in [5.41, 5.74) is 3.73. The van der Waals surface area contributed by atoms with E-state index < -0.39 is 0 Å². The highest BCUT2D eigenvalue weighted by atomic mass is 32.2. The lowest BCUT2D eigenvalue weighted by Crippen LogP contribution is -2.22. The largest absolute Gasteiger partial charge is 0.348 e. The van der Waals surface area contributed by atoms with Crippen LogP contribution in [0.5, 0.6) is 0 Å². The SMILES string of the molecule is CSc1ccc(CNC(=O)c2cccc(-n3nnc4cccnc43)c2)cc1. The van der Waals surface area contributed by atoms with Crippen LogP contribution >= 0.6 is 11.8 Å². The predicted octanol–water partition coefficient (Wildman–Crippen LogP) is 3.47.